The number of carbonyl (C=O) groups excluding carboxylic acids is 1. The lowest BCUT2D eigenvalue weighted by molar-refractivity contribution is 0.0675. The number of thiazole rings is 1. The van der Waals surface area contributed by atoms with Gasteiger partial charge in [-0.1, -0.05) is 18.2 Å². The van der Waals surface area contributed by atoms with Gasteiger partial charge in [0.2, 0.25) is 0 Å². The minimum absolute atomic E-state index is 0.0259. The third-order valence-corrected chi connectivity index (χ3v) is 6.43. The number of ether oxygens (including phenoxy) is 1. The first-order chi connectivity index (χ1) is 15.6. The molecule has 1 aromatic heterocycles. The summed E-state index contributed by atoms with van der Waals surface area (Å²) in [6.07, 6.45) is 3.23. The average Bonchev–Trinajstić information content (AvgIpc) is 3.38. The molecule has 0 atom stereocenters. The second-order valence-electron chi connectivity index (χ2n) is 7.45. The molecule has 0 unspecified atom stereocenters. The Morgan fingerprint density at radius 1 is 0.969 bits per heavy atom. The number of amides is 1. The molecule has 0 saturated heterocycles. The average molecular weight is 441 g/mol. The van der Waals surface area contributed by atoms with Gasteiger partial charge in [-0.05, 0) is 30.3 Å². The molecule has 0 fully saturated rings. The summed E-state index contributed by atoms with van der Waals surface area (Å²) in [6.45, 7) is 0. The molecule has 32 heavy (non-hydrogen) atoms. The zero-order chi connectivity index (χ0) is 21.9. The lowest BCUT2D eigenvalue weighted by Gasteiger charge is -2.41. The van der Waals surface area contributed by atoms with Gasteiger partial charge < -0.3 is 14.9 Å². The van der Waals surface area contributed by atoms with Crippen molar-refractivity contribution < 1.29 is 19.7 Å². The standard InChI is InChI=1S/C24H15N3O4S/c28-14-5-7-18-20(11-14)31-21-12-15(29)6-8-19(21)24(18)17-4-2-1-3-16(17)23(30)27(24)26-13-22-25-9-10-32-22/h1-13,28-29H/b26-13+. The zero-order valence-electron chi connectivity index (χ0n) is 16.5. The van der Waals surface area contributed by atoms with E-state index in [0.717, 1.165) is 5.56 Å². The van der Waals surface area contributed by atoms with Crippen LogP contribution in [0.25, 0.3) is 0 Å². The smallest absolute Gasteiger partial charge is 0.275 e. The molecule has 7 nitrogen and oxygen atoms in total. The maximum Gasteiger partial charge on any atom is 0.275 e. The Labute approximate surface area is 186 Å². The third-order valence-electron chi connectivity index (χ3n) is 5.72. The summed E-state index contributed by atoms with van der Waals surface area (Å²) in [7, 11) is 0. The van der Waals surface area contributed by atoms with Crippen molar-refractivity contribution in [1.29, 1.82) is 0 Å². The van der Waals surface area contributed by atoms with Crippen LogP contribution in [-0.2, 0) is 5.54 Å². The van der Waals surface area contributed by atoms with E-state index in [1.807, 2.05) is 23.6 Å². The van der Waals surface area contributed by atoms with Crippen LogP contribution >= 0.6 is 11.3 Å². The van der Waals surface area contributed by atoms with Crippen LogP contribution in [0.3, 0.4) is 0 Å². The highest BCUT2D eigenvalue weighted by atomic mass is 32.1. The largest absolute Gasteiger partial charge is 0.508 e. The molecule has 0 saturated carbocycles. The molecule has 3 heterocycles. The van der Waals surface area contributed by atoms with E-state index in [4.69, 9.17) is 4.74 Å². The van der Waals surface area contributed by atoms with Crippen molar-refractivity contribution in [2.45, 2.75) is 5.54 Å². The number of hydrogen-bond acceptors (Lipinski definition) is 7. The molecule has 0 aliphatic carbocycles. The fraction of sp³-hybridized carbons (Fsp3) is 0.0417. The second kappa shape index (κ2) is 6.66. The summed E-state index contributed by atoms with van der Waals surface area (Å²) in [5, 5.41) is 28.8. The summed E-state index contributed by atoms with van der Waals surface area (Å²) >= 11 is 1.41. The number of aromatic nitrogens is 1. The third kappa shape index (κ3) is 2.44. The fourth-order valence-corrected chi connectivity index (χ4v) is 4.97. The van der Waals surface area contributed by atoms with Crippen LogP contribution in [-0.4, -0.2) is 32.3 Å². The van der Waals surface area contributed by atoms with Gasteiger partial charge in [-0.15, -0.1) is 11.3 Å². The van der Waals surface area contributed by atoms with Crippen molar-refractivity contribution >= 4 is 23.5 Å². The summed E-state index contributed by atoms with van der Waals surface area (Å²) < 4.78 is 6.05. The number of benzene rings is 3. The molecular weight excluding hydrogens is 426 g/mol. The Kier molecular flexibility index (Phi) is 3.87. The van der Waals surface area contributed by atoms with Gasteiger partial charge in [0, 0.05) is 46.0 Å². The first kappa shape index (κ1) is 18.6. The summed E-state index contributed by atoms with van der Waals surface area (Å²) in [5.41, 5.74) is 1.42. The molecule has 2 aliphatic heterocycles. The highest BCUT2D eigenvalue weighted by Crippen LogP contribution is 2.58. The Bertz CT molecular complexity index is 1360. The van der Waals surface area contributed by atoms with Crippen LogP contribution in [0.2, 0.25) is 0 Å². The molecule has 1 amide bonds. The van der Waals surface area contributed by atoms with Crippen molar-refractivity contribution in [2.24, 2.45) is 5.10 Å². The Morgan fingerprint density at radius 3 is 2.31 bits per heavy atom. The summed E-state index contributed by atoms with van der Waals surface area (Å²) in [5.74, 6) is 0.536. The van der Waals surface area contributed by atoms with Crippen LogP contribution in [0, 0.1) is 0 Å². The molecule has 0 radical (unpaired) electrons. The molecule has 3 aromatic carbocycles. The van der Waals surface area contributed by atoms with Crippen molar-refractivity contribution in [3.63, 3.8) is 0 Å². The maximum absolute atomic E-state index is 13.6. The molecular formula is C24H15N3O4S. The Hall–Kier alpha value is -4.17. The number of aromatic hydroxyl groups is 2. The SMILES string of the molecule is O=C1c2ccccc2C2(c3ccc(O)cc3Oc3cc(O)ccc32)N1/N=C/c1nccs1. The zero-order valence-corrected chi connectivity index (χ0v) is 17.3. The van der Waals surface area contributed by atoms with Crippen molar-refractivity contribution in [3.8, 4) is 23.0 Å². The van der Waals surface area contributed by atoms with Crippen LogP contribution in [0.1, 0.15) is 32.1 Å². The molecule has 6 rings (SSSR count). The molecule has 156 valence electrons. The highest BCUT2D eigenvalue weighted by Gasteiger charge is 2.57. The van der Waals surface area contributed by atoms with Gasteiger partial charge in [-0.25, -0.2) is 9.99 Å². The van der Waals surface area contributed by atoms with E-state index in [0.29, 0.717) is 33.2 Å². The lowest BCUT2D eigenvalue weighted by Crippen LogP contribution is -2.44. The van der Waals surface area contributed by atoms with Crippen LogP contribution in [0.15, 0.2) is 77.3 Å². The molecule has 0 bridgehead atoms. The number of hydrazone groups is 1. The van der Waals surface area contributed by atoms with Gasteiger partial charge >= 0.3 is 0 Å². The van der Waals surface area contributed by atoms with Crippen molar-refractivity contribution in [3.05, 3.63) is 99.5 Å². The van der Waals surface area contributed by atoms with Crippen LogP contribution in [0.4, 0.5) is 0 Å². The maximum atomic E-state index is 13.6. The van der Waals surface area contributed by atoms with E-state index < -0.39 is 5.54 Å². The second-order valence-corrected chi connectivity index (χ2v) is 8.38. The predicted molar refractivity (Wildman–Crippen MR) is 118 cm³/mol. The predicted octanol–water partition coefficient (Wildman–Crippen LogP) is 4.44. The monoisotopic (exact) mass is 441 g/mol. The van der Waals surface area contributed by atoms with Gasteiger partial charge in [0.15, 0.2) is 0 Å². The topological polar surface area (TPSA) is 95.2 Å². The Morgan fingerprint density at radius 2 is 1.66 bits per heavy atom. The van der Waals surface area contributed by atoms with Crippen molar-refractivity contribution in [2.75, 3.05) is 0 Å². The number of phenolic OH excluding ortho intramolecular Hbond substituents is 2. The van der Waals surface area contributed by atoms with Gasteiger partial charge in [0.1, 0.15) is 33.5 Å². The van der Waals surface area contributed by atoms with Gasteiger partial charge in [-0.2, -0.15) is 5.10 Å². The summed E-state index contributed by atoms with van der Waals surface area (Å²) in [6, 6.07) is 16.9. The van der Waals surface area contributed by atoms with Crippen LogP contribution in [0.5, 0.6) is 23.0 Å². The quantitative estimate of drug-likeness (QED) is 0.449. The number of carbonyl (C=O) groups is 1. The van der Waals surface area contributed by atoms with Gasteiger partial charge in [0.05, 0.1) is 6.21 Å². The highest BCUT2D eigenvalue weighted by molar-refractivity contribution is 7.11. The number of nitrogens with zero attached hydrogens (tertiary/aromatic N) is 3. The Balaban J connectivity index is 1.71. The first-order valence-electron chi connectivity index (χ1n) is 9.81. The van der Waals surface area contributed by atoms with E-state index in [1.54, 1.807) is 42.7 Å². The molecule has 2 N–H and O–H groups in total. The van der Waals surface area contributed by atoms with E-state index in [-0.39, 0.29) is 17.4 Å². The molecule has 1 spiro atoms. The minimum atomic E-state index is -1.15. The lowest BCUT2D eigenvalue weighted by atomic mass is 9.75. The van der Waals surface area contributed by atoms with E-state index in [9.17, 15) is 15.0 Å². The van der Waals surface area contributed by atoms with E-state index in [2.05, 4.69) is 10.1 Å². The fourth-order valence-electron chi connectivity index (χ4n) is 4.48. The number of rotatable bonds is 2. The van der Waals surface area contributed by atoms with E-state index >= 15 is 0 Å². The molecule has 8 heteroatoms. The summed E-state index contributed by atoms with van der Waals surface area (Å²) in [4.78, 5) is 17.9. The van der Waals surface area contributed by atoms with Crippen LogP contribution < -0.4 is 4.74 Å². The number of phenols is 2. The minimum Gasteiger partial charge on any atom is -0.508 e. The number of fused-ring (bicyclic) bond motifs is 6. The molecule has 2 aliphatic rings. The van der Waals surface area contributed by atoms with Gasteiger partial charge in [0.25, 0.3) is 5.91 Å². The van der Waals surface area contributed by atoms with E-state index in [1.165, 1.54) is 28.5 Å². The first-order valence-corrected chi connectivity index (χ1v) is 10.7. The normalized spacial score (nSPS) is 15.5. The van der Waals surface area contributed by atoms with Gasteiger partial charge in [-0.3, -0.25) is 4.79 Å². The van der Waals surface area contributed by atoms with Crippen molar-refractivity contribution in [1.82, 2.24) is 9.99 Å². The number of hydrogen-bond donors (Lipinski definition) is 2. The molecule has 4 aromatic rings.